The van der Waals surface area contributed by atoms with Gasteiger partial charge in [-0.25, -0.2) is 0 Å². The molecule has 2 nitrogen and oxygen atoms in total. The first-order valence-corrected chi connectivity index (χ1v) is 4.91. The zero-order valence-electron chi connectivity index (χ0n) is 8.87. The number of hydrogen-bond donors (Lipinski definition) is 0. The van der Waals surface area contributed by atoms with Crippen LogP contribution in [0.15, 0.2) is 24.4 Å². The van der Waals surface area contributed by atoms with E-state index in [4.69, 9.17) is 4.74 Å². The van der Waals surface area contributed by atoms with Crippen molar-refractivity contribution in [3.63, 3.8) is 0 Å². The highest BCUT2D eigenvalue weighted by Gasteiger charge is 2.03. The highest BCUT2D eigenvalue weighted by Crippen LogP contribution is 2.24. The Morgan fingerprint density at radius 1 is 1.36 bits per heavy atom. The Morgan fingerprint density at radius 2 is 2.14 bits per heavy atom. The van der Waals surface area contributed by atoms with Crippen LogP contribution in [-0.4, -0.2) is 11.2 Å². The molecule has 0 saturated carbocycles. The lowest BCUT2D eigenvalue weighted by Gasteiger charge is -2.03. The summed E-state index contributed by atoms with van der Waals surface area (Å²) >= 11 is 0. The Morgan fingerprint density at radius 3 is 2.86 bits per heavy atom. The van der Waals surface area contributed by atoms with Gasteiger partial charge in [-0.1, -0.05) is 0 Å². The number of hydrogen-bond acceptors (Lipinski definition) is 1. The SMILES string of the molecule is CCOc1ccc2c(c1)c(C)cn2C. The normalized spacial score (nSPS) is 10.8. The summed E-state index contributed by atoms with van der Waals surface area (Å²) in [6.07, 6.45) is 2.14. The molecule has 1 heterocycles. The van der Waals surface area contributed by atoms with Crippen LogP contribution in [0.5, 0.6) is 5.75 Å². The summed E-state index contributed by atoms with van der Waals surface area (Å²) < 4.78 is 7.61. The average molecular weight is 189 g/mol. The van der Waals surface area contributed by atoms with Crippen LogP contribution in [0.4, 0.5) is 0 Å². The molecule has 0 amide bonds. The lowest BCUT2D eigenvalue weighted by molar-refractivity contribution is 0.340. The molecule has 0 N–H and O–H groups in total. The number of aromatic nitrogens is 1. The van der Waals surface area contributed by atoms with E-state index in [1.165, 1.54) is 16.5 Å². The van der Waals surface area contributed by atoms with E-state index in [-0.39, 0.29) is 0 Å². The van der Waals surface area contributed by atoms with Gasteiger partial charge >= 0.3 is 0 Å². The molecule has 0 spiro atoms. The fraction of sp³-hybridized carbons (Fsp3) is 0.333. The van der Waals surface area contributed by atoms with Crippen molar-refractivity contribution in [1.29, 1.82) is 0 Å². The van der Waals surface area contributed by atoms with Crippen molar-refractivity contribution in [2.24, 2.45) is 7.05 Å². The third kappa shape index (κ3) is 1.37. The number of fused-ring (bicyclic) bond motifs is 1. The van der Waals surface area contributed by atoms with Gasteiger partial charge in [-0.2, -0.15) is 0 Å². The number of benzene rings is 1. The summed E-state index contributed by atoms with van der Waals surface area (Å²) in [7, 11) is 2.07. The minimum atomic E-state index is 0.720. The van der Waals surface area contributed by atoms with E-state index in [0.717, 1.165) is 12.4 Å². The molecular weight excluding hydrogens is 174 g/mol. The fourth-order valence-corrected chi connectivity index (χ4v) is 1.82. The van der Waals surface area contributed by atoms with E-state index in [9.17, 15) is 0 Å². The van der Waals surface area contributed by atoms with Gasteiger partial charge in [0.05, 0.1) is 6.61 Å². The van der Waals surface area contributed by atoms with Crippen LogP contribution in [0.2, 0.25) is 0 Å². The molecule has 2 rings (SSSR count). The Labute approximate surface area is 84.1 Å². The largest absolute Gasteiger partial charge is 0.494 e. The molecule has 0 aliphatic rings. The topological polar surface area (TPSA) is 14.2 Å². The zero-order chi connectivity index (χ0) is 10.1. The summed E-state index contributed by atoms with van der Waals surface area (Å²) in [4.78, 5) is 0. The van der Waals surface area contributed by atoms with E-state index >= 15 is 0 Å². The summed E-state index contributed by atoms with van der Waals surface area (Å²) in [5.41, 5.74) is 2.55. The molecule has 1 aromatic heterocycles. The molecule has 0 aliphatic heterocycles. The maximum absolute atomic E-state index is 5.47. The second-order valence-electron chi connectivity index (χ2n) is 3.53. The van der Waals surface area contributed by atoms with Gasteiger partial charge in [0.1, 0.15) is 5.75 Å². The Kier molecular flexibility index (Phi) is 2.20. The summed E-state index contributed by atoms with van der Waals surface area (Å²) in [5, 5.41) is 1.28. The van der Waals surface area contributed by atoms with Crippen LogP contribution in [-0.2, 0) is 7.05 Å². The summed E-state index contributed by atoms with van der Waals surface area (Å²) in [6.45, 7) is 4.84. The molecule has 74 valence electrons. The first-order valence-electron chi connectivity index (χ1n) is 4.91. The predicted octanol–water partition coefficient (Wildman–Crippen LogP) is 2.89. The maximum atomic E-state index is 5.47. The number of nitrogens with zero attached hydrogens (tertiary/aromatic N) is 1. The minimum absolute atomic E-state index is 0.720. The molecule has 0 bridgehead atoms. The van der Waals surface area contributed by atoms with Gasteiger partial charge in [0.2, 0.25) is 0 Å². The van der Waals surface area contributed by atoms with Crippen LogP contribution in [0.3, 0.4) is 0 Å². The number of aryl methyl sites for hydroxylation is 2. The maximum Gasteiger partial charge on any atom is 0.120 e. The number of ether oxygens (including phenoxy) is 1. The minimum Gasteiger partial charge on any atom is -0.494 e. The third-order valence-corrected chi connectivity index (χ3v) is 2.47. The predicted molar refractivity (Wildman–Crippen MR) is 58.8 cm³/mol. The first kappa shape index (κ1) is 9.13. The highest BCUT2D eigenvalue weighted by molar-refractivity contribution is 5.85. The van der Waals surface area contributed by atoms with E-state index in [0.29, 0.717) is 0 Å². The molecule has 2 aromatic rings. The van der Waals surface area contributed by atoms with Crippen LogP contribution in [0.25, 0.3) is 10.9 Å². The van der Waals surface area contributed by atoms with Crippen molar-refractivity contribution in [3.05, 3.63) is 30.0 Å². The second kappa shape index (κ2) is 3.37. The molecule has 0 aliphatic carbocycles. The van der Waals surface area contributed by atoms with Gasteiger partial charge < -0.3 is 9.30 Å². The molecule has 1 aromatic carbocycles. The molecule has 2 heteroatoms. The zero-order valence-corrected chi connectivity index (χ0v) is 8.87. The second-order valence-corrected chi connectivity index (χ2v) is 3.53. The van der Waals surface area contributed by atoms with Gasteiger partial charge in [0.15, 0.2) is 0 Å². The Hall–Kier alpha value is -1.44. The summed E-state index contributed by atoms with van der Waals surface area (Å²) in [5.74, 6) is 0.953. The molecule has 14 heavy (non-hydrogen) atoms. The van der Waals surface area contributed by atoms with Crippen LogP contribution >= 0.6 is 0 Å². The highest BCUT2D eigenvalue weighted by atomic mass is 16.5. The van der Waals surface area contributed by atoms with Crippen LogP contribution < -0.4 is 4.74 Å². The molecule has 0 fully saturated rings. The monoisotopic (exact) mass is 189 g/mol. The van der Waals surface area contributed by atoms with Crippen LogP contribution in [0, 0.1) is 6.92 Å². The summed E-state index contributed by atoms with van der Waals surface area (Å²) in [6, 6.07) is 6.23. The van der Waals surface area contributed by atoms with Crippen molar-refractivity contribution in [3.8, 4) is 5.75 Å². The molecule has 0 radical (unpaired) electrons. The van der Waals surface area contributed by atoms with Gasteiger partial charge in [0, 0.05) is 24.1 Å². The molecule has 0 saturated heterocycles. The smallest absolute Gasteiger partial charge is 0.120 e. The van der Waals surface area contributed by atoms with Crippen molar-refractivity contribution in [2.75, 3.05) is 6.61 Å². The average Bonchev–Trinajstić information content (AvgIpc) is 2.43. The fourth-order valence-electron chi connectivity index (χ4n) is 1.82. The van der Waals surface area contributed by atoms with Crippen molar-refractivity contribution in [2.45, 2.75) is 13.8 Å². The van der Waals surface area contributed by atoms with Crippen LogP contribution in [0.1, 0.15) is 12.5 Å². The quantitative estimate of drug-likeness (QED) is 0.708. The number of rotatable bonds is 2. The van der Waals surface area contributed by atoms with Crippen molar-refractivity contribution >= 4 is 10.9 Å². The standard InChI is InChI=1S/C12H15NO/c1-4-14-10-5-6-12-11(7-10)9(2)8-13(12)3/h5-8H,4H2,1-3H3. The van der Waals surface area contributed by atoms with Crippen molar-refractivity contribution < 1.29 is 4.74 Å². The Bertz CT molecular complexity index is 457. The third-order valence-electron chi connectivity index (χ3n) is 2.47. The van der Waals surface area contributed by atoms with Gasteiger partial charge in [-0.15, -0.1) is 0 Å². The van der Waals surface area contributed by atoms with Gasteiger partial charge in [-0.3, -0.25) is 0 Å². The van der Waals surface area contributed by atoms with E-state index < -0.39 is 0 Å². The van der Waals surface area contributed by atoms with E-state index in [2.05, 4.69) is 36.9 Å². The van der Waals surface area contributed by atoms with E-state index in [1.54, 1.807) is 0 Å². The van der Waals surface area contributed by atoms with Gasteiger partial charge in [-0.05, 0) is 37.6 Å². The Balaban J connectivity index is 2.59. The van der Waals surface area contributed by atoms with Gasteiger partial charge in [0.25, 0.3) is 0 Å². The molecule has 0 atom stereocenters. The van der Waals surface area contributed by atoms with E-state index in [1.807, 2.05) is 13.0 Å². The molecule has 0 unspecified atom stereocenters. The molecular formula is C12H15NO. The first-order chi connectivity index (χ1) is 6.72. The lowest BCUT2D eigenvalue weighted by Crippen LogP contribution is -1.91. The van der Waals surface area contributed by atoms with Crippen molar-refractivity contribution in [1.82, 2.24) is 4.57 Å². The lowest BCUT2D eigenvalue weighted by atomic mass is 10.2.